The molecule has 1 amide bonds. The normalized spacial score (nSPS) is 16.9. The number of rotatable bonds is 7. The molecule has 1 aromatic heterocycles. The molecule has 3 heterocycles. The van der Waals surface area contributed by atoms with Crippen LogP contribution in [0.15, 0.2) is 66.9 Å². The van der Waals surface area contributed by atoms with Gasteiger partial charge in [0.05, 0.1) is 11.3 Å². The Kier molecular flexibility index (Phi) is 6.95. The van der Waals surface area contributed by atoms with Gasteiger partial charge in [0.15, 0.2) is 5.78 Å². The minimum atomic E-state index is -0.211. The third kappa shape index (κ3) is 5.30. The molecule has 1 saturated heterocycles. The number of Topliss-reactive ketones (excluding diaryl/α,β-unsaturated/α-hetero) is 1. The molecule has 0 atom stereocenters. The second kappa shape index (κ2) is 10.4. The van der Waals surface area contributed by atoms with Gasteiger partial charge in [0, 0.05) is 64.1 Å². The molecule has 0 radical (unpaired) electrons. The van der Waals surface area contributed by atoms with E-state index in [1.54, 1.807) is 6.07 Å². The van der Waals surface area contributed by atoms with Crippen molar-refractivity contribution in [2.75, 3.05) is 50.7 Å². The summed E-state index contributed by atoms with van der Waals surface area (Å²) in [6.45, 7) is 6.30. The molecule has 0 bridgehead atoms. The second-order valence-electron chi connectivity index (χ2n) is 9.32. The summed E-state index contributed by atoms with van der Waals surface area (Å²) in [6, 6.07) is 18.5. The molecular weight excluding hydrogens is 443 g/mol. The summed E-state index contributed by atoms with van der Waals surface area (Å²) in [7, 11) is 0. The van der Waals surface area contributed by atoms with E-state index >= 15 is 0 Å². The van der Waals surface area contributed by atoms with Gasteiger partial charge in [-0.05, 0) is 48.9 Å². The molecule has 7 heteroatoms. The number of piperazine rings is 1. The van der Waals surface area contributed by atoms with Gasteiger partial charge in [0.25, 0.3) is 5.91 Å². The number of anilines is 1. The van der Waals surface area contributed by atoms with Crippen molar-refractivity contribution in [3.05, 3.63) is 89.5 Å². The molecule has 0 N–H and O–H groups in total. The molecule has 2 aliphatic rings. The molecule has 0 unspecified atom stereocenters. The molecule has 0 spiro atoms. The quantitative estimate of drug-likeness (QED) is 0.521. The van der Waals surface area contributed by atoms with Crippen molar-refractivity contribution in [2.45, 2.75) is 19.4 Å². The van der Waals surface area contributed by atoms with E-state index in [4.69, 9.17) is 0 Å². The van der Waals surface area contributed by atoms with Crippen molar-refractivity contribution < 1.29 is 14.0 Å². The van der Waals surface area contributed by atoms with E-state index in [0.29, 0.717) is 37.3 Å². The minimum absolute atomic E-state index is 0.0358. The number of hydrogen-bond donors (Lipinski definition) is 0. The van der Waals surface area contributed by atoms with Crippen molar-refractivity contribution in [2.24, 2.45) is 0 Å². The summed E-state index contributed by atoms with van der Waals surface area (Å²) in [5.41, 5.74) is 3.22. The SMILES string of the molecule is O=C1CCN(CCCN2CCN(c3ccc(F)cc3)CC2)C(=O)c2ccn(Cc3ccccc3)c21. The maximum Gasteiger partial charge on any atom is 0.256 e. The summed E-state index contributed by atoms with van der Waals surface area (Å²) in [4.78, 5) is 32.7. The lowest BCUT2D eigenvalue weighted by Crippen LogP contribution is -2.47. The Balaban J connectivity index is 1.15. The van der Waals surface area contributed by atoms with Gasteiger partial charge in [-0.2, -0.15) is 0 Å². The third-order valence-electron chi connectivity index (χ3n) is 7.02. The van der Waals surface area contributed by atoms with Gasteiger partial charge >= 0.3 is 0 Å². The molecule has 1 fully saturated rings. The van der Waals surface area contributed by atoms with Crippen LogP contribution in [0.4, 0.5) is 10.1 Å². The summed E-state index contributed by atoms with van der Waals surface area (Å²) in [6.07, 6.45) is 3.09. The first-order chi connectivity index (χ1) is 17.1. The number of aromatic nitrogens is 1. The lowest BCUT2D eigenvalue weighted by atomic mass is 10.1. The molecule has 0 saturated carbocycles. The zero-order chi connectivity index (χ0) is 24.2. The van der Waals surface area contributed by atoms with Crippen LogP contribution in [0.5, 0.6) is 0 Å². The Morgan fingerprint density at radius 3 is 2.29 bits per heavy atom. The Bertz CT molecular complexity index is 1170. The van der Waals surface area contributed by atoms with Crippen LogP contribution < -0.4 is 4.90 Å². The van der Waals surface area contributed by atoms with Crippen LogP contribution in [0.3, 0.4) is 0 Å². The van der Waals surface area contributed by atoms with Crippen LogP contribution in [0.1, 0.15) is 39.3 Å². The molecule has 3 aromatic rings. The highest BCUT2D eigenvalue weighted by molar-refractivity contribution is 6.09. The fraction of sp³-hybridized carbons (Fsp3) is 0.357. The van der Waals surface area contributed by atoms with E-state index in [2.05, 4.69) is 9.80 Å². The zero-order valence-electron chi connectivity index (χ0n) is 19.9. The number of amides is 1. The monoisotopic (exact) mass is 474 g/mol. The number of nitrogens with zero attached hydrogens (tertiary/aromatic N) is 4. The maximum absolute atomic E-state index is 13.3. The van der Waals surface area contributed by atoms with E-state index in [1.807, 2.05) is 58.1 Å². The van der Waals surface area contributed by atoms with E-state index < -0.39 is 0 Å². The van der Waals surface area contributed by atoms with Gasteiger partial charge < -0.3 is 14.4 Å². The largest absolute Gasteiger partial charge is 0.369 e. The standard InChI is InChI=1S/C28H31FN4O2/c29-23-7-9-24(10-8-23)31-19-17-30(18-20-31)13-4-14-32-16-12-26(34)27-25(28(32)35)11-15-33(27)21-22-5-2-1-3-6-22/h1-3,5-11,15H,4,12-14,16-21H2. The van der Waals surface area contributed by atoms with Crippen molar-refractivity contribution >= 4 is 17.4 Å². The van der Waals surface area contributed by atoms with Crippen molar-refractivity contribution in [1.82, 2.24) is 14.4 Å². The summed E-state index contributed by atoms with van der Waals surface area (Å²) >= 11 is 0. The van der Waals surface area contributed by atoms with E-state index in [0.717, 1.165) is 50.4 Å². The van der Waals surface area contributed by atoms with Crippen LogP contribution >= 0.6 is 0 Å². The number of carbonyl (C=O) groups is 2. The fourth-order valence-electron chi connectivity index (χ4n) is 5.07. The highest BCUT2D eigenvalue weighted by atomic mass is 19.1. The van der Waals surface area contributed by atoms with Gasteiger partial charge in [-0.15, -0.1) is 0 Å². The first-order valence-electron chi connectivity index (χ1n) is 12.4. The highest BCUT2D eigenvalue weighted by Gasteiger charge is 2.29. The number of hydrogen-bond acceptors (Lipinski definition) is 4. The number of carbonyl (C=O) groups excluding carboxylic acids is 2. The van der Waals surface area contributed by atoms with E-state index in [-0.39, 0.29) is 17.5 Å². The predicted octanol–water partition coefficient (Wildman–Crippen LogP) is 3.92. The Labute approximate surface area is 205 Å². The number of halogens is 1. The van der Waals surface area contributed by atoms with Gasteiger partial charge in [-0.25, -0.2) is 4.39 Å². The molecular formula is C28H31FN4O2. The van der Waals surface area contributed by atoms with Crippen LogP contribution in [-0.2, 0) is 6.54 Å². The molecule has 6 nitrogen and oxygen atoms in total. The first-order valence-corrected chi connectivity index (χ1v) is 12.4. The molecule has 5 rings (SSSR count). The Hall–Kier alpha value is -3.45. The smallest absolute Gasteiger partial charge is 0.256 e. The fourth-order valence-corrected chi connectivity index (χ4v) is 5.07. The average Bonchev–Trinajstić information content (AvgIpc) is 3.25. The first kappa shape index (κ1) is 23.3. The second-order valence-corrected chi connectivity index (χ2v) is 9.32. The Morgan fingerprint density at radius 1 is 0.800 bits per heavy atom. The average molecular weight is 475 g/mol. The van der Waals surface area contributed by atoms with Crippen molar-refractivity contribution in [3.8, 4) is 0 Å². The van der Waals surface area contributed by atoms with Crippen LogP contribution in [-0.4, -0.2) is 71.9 Å². The van der Waals surface area contributed by atoms with Gasteiger partial charge in [-0.3, -0.25) is 14.5 Å². The van der Waals surface area contributed by atoms with Gasteiger partial charge in [0.1, 0.15) is 5.82 Å². The van der Waals surface area contributed by atoms with Crippen LogP contribution in [0.25, 0.3) is 0 Å². The highest BCUT2D eigenvalue weighted by Crippen LogP contribution is 2.22. The number of benzene rings is 2. The van der Waals surface area contributed by atoms with Crippen molar-refractivity contribution in [3.63, 3.8) is 0 Å². The molecule has 2 aromatic carbocycles. The number of ketones is 1. The van der Waals surface area contributed by atoms with E-state index in [9.17, 15) is 14.0 Å². The molecule has 2 aliphatic heterocycles. The van der Waals surface area contributed by atoms with E-state index in [1.165, 1.54) is 12.1 Å². The minimum Gasteiger partial charge on any atom is -0.369 e. The number of fused-ring (bicyclic) bond motifs is 1. The summed E-state index contributed by atoms with van der Waals surface area (Å²) in [5.74, 6) is -0.218. The van der Waals surface area contributed by atoms with Crippen LogP contribution in [0.2, 0.25) is 0 Å². The van der Waals surface area contributed by atoms with Crippen molar-refractivity contribution in [1.29, 1.82) is 0 Å². The predicted molar refractivity (Wildman–Crippen MR) is 134 cm³/mol. The summed E-state index contributed by atoms with van der Waals surface area (Å²) < 4.78 is 15.1. The van der Waals surface area contributed by atoms with Gasteiger partial charge in [-0.1, -0.05) is 30.3 Å². The van der Waals surface area contributed by atoms with Gasteiger partial charge in [0.2, 0.25) is 0 Å². The summed E-state index contributed by atoms with van der Waals surface area (Å²) in [5, 5.41) is 0. The lowest BCUT2D eigenvalue weighted by Gasteiger charge is -2.36. The van der Waals surface area contributed by atoms with Crippen LogP contribution in [0, 0.1) is 5.82 Å². The molecule has 0 aliphatic carbocycles. The maximum atomic E-state index is 13.3. The third-order valence-corrected chi connectivity index (χ3v) is 7.02. The lowest BCUT2D eigenvalue weighted by molar-refractivity contribution is 0.0750. The molecule has 35 heavy (non-hydrogen) atoms. The molecule has 182 valence electrons. The topological polar surface area (TPSA) is 48.8 Å². The zero-order valence-corrected chi connectivity index (χ0v) is 19.9. The Morgan fingerprint density at radius 2 is 1.54 bits per heavy atom.